The van der Waals surface area contributed by atoms with Crippen LogP contribution in [-0.4, -0.2) is 37.1 Å². The molecule has 2 aliphatic rings. The molecule has 4 nitrogen and oxygen atoms in total. The molecular formula is C14H18N2O2. The average Bonchev–Trinajstić information content (AvgIpc) is 3.00. The zero-order valence-corrected chi connectivity index (χ0v) is 10.4. The molecule has 2 N–H and O–H groups in total. The number of anilines is 1. The number of rotatable bonds is 1. The van der Waals surface area contributed by atoms with E-state index in [9.17, 15) is 4.79 Å². The smallest absolute Gasteiger partial charge is 0.255 e. The minimum Gasteiger partial charge on any atom is -0.398 e. The lowest BCUT2D eigenvalue weighted by Crippen LogP contribution is -2.32. The van der Waals surface area contributed by atoms with Crippen LogP contribution in [0.2, 0.25) is 0 Å². The lowest BCUT2D eigenvalue weighted by molar-refractivity contribution is 0.0767. The third-order valence-electron chi connectivity index (χ3n) is 4.10. The van der Waals surface area contributed by atoms with Gasteiger partial charge in [-0.25, -0.2) is 0 Å². The van der Waals surface area contributed by atoms with Gasteiger partial charge in [-0.3, -0.25) is 4.79 Å². The molecule has 2 aliphatic heterocycles. The second-order valence-corrected chi connectivity index (χ2v) is 5.37. The first-order valence-electron chi connectivity index (χ1n) is 6.42. The lowest BCUT2D eigenvalue weighted by Gasteiger charge is -2.22. The molecule has 3 rings (SSSR count). The number of amides is 1. The Morgan fingerprint density at radius 1 is 1.33 bits per heavy atom. The molecule has 18 heavy (non-hydrogen) atoms. The van der Waals surface area contributed by atoms with Gasteiger partial charge in [0.2, 0.25) is 0 Å². The average molecular weight is 246 g/mol. The van der Waals surface area contributed by atoms with Gasteiger partial charge < -0.3 is 15.4 Å². The Morgan fingerprint density at radius 3 is 2.89 bits per heavy atom. The number of nitrogens with two attached hydrogens (primary N) is 1. The van der Waals surface area contributed by atoms with Crippen molar-refractivity contribution in [1.82, 2.24) is 4.90 Å². The minimum atomic E-state index is 0.0527. The summed E-state index contributed by atoms with van der Waals surface area (Å²) in [5.74, 6) is 0.0527. The number of ether oxygens (including phenoxy) is 1. The maximum atomic E-state index is 12.4. The molecule has 2 heterocycles. The monoisotopic (exact) mass is 246 g/mol. The maximum Gasteiger partial charge on any atom is 0.255 e. The van der Waals surface area contributed by atoms with E-state index in [-0.39, 0.29) is 11.3 Å². The van der Waals surface area contributed by atoms with Crippen molar-refractivity contribution in [3.05, 3.63) is 29.8 Å². The second kappa shape index (κ2) is 4.28. The van der Waals surface area contributed by atoms with Crippen molar-refractivity contribution in [3.63, 3.8) is 0 Å². The van der Waals surface area contributed by atoms with Gasteiger partial charge in [0.1, 0.15) is 0 Å². The number of nitrogen functional groups attached to an aromatic ring is 1. The van der Waals surface area contributed by atoms with E-state index in [1.54, 1.807) is 12.1 Å². The standard InChI is InChI=1S/C14H18N2O2/c15-12-4-2-1-3-11(12)13(17)16-7-5-14(9-16)6-8-18-10-14/h1-4H,5-10,15H2. The summed E-state index contributed by atoms with van der Waals surface area (Å²) in [7, 11) is 0. The van der Waals surface area contributed by atoms with Crippen molar-refractivity contribution >= 4 is 11.6 Å². The maximum absolute atomic E-state index is 12.4. The van der Waals surface area contributed by atoms with Crippen LogP contribution < -0.4 is 5.73 Å². The first-order valence-corrected chi connectivity index (χ1v) is 6.42. The highest BCUT2D eigenvalue weighted by molar-refractivity contribution is 5.99. The third-order valence-corrected chi connectivity index (χ3v) is 4.10. The normalized spacial score (nSPS) is 27.0. The van der Waals surface area contributed by atoms with E-state index in [0.29, 0.717) is 11.3 Å². The van der Waals surface area contributed by atoms with Crippen molar-refractivity contribution in [2.75, 3.05) is 32.0 Å². The fraction of sp³-hybridized carbons (Fsp3) is 0.500. The number of hydrogen-bond donors (Lipinski definition) is 1. The largest absolute Gasteiger partial charge is 0.398 e. The Kier molecular flexibility index (Phi) is 2.74. The summed E-state index contributed by atoms with van der Waals surface area (Å²) in [4.78, 5) is 14.3. The van der Waals surface area contributed by atoms with E-state index in [2.05, 4.69) is 0 Å². The quantitative estimate of drug-likeness (QED) is 0.764. The van der Waals surface area contributed by atoms with Gasteiger partial charge in [0.15, 0.2) is 0 Å². The summed E-state index contributed by atoms with van der Waals surface area (Å²) in [6.07, 6.45) is 2.12. The van der Waals surface area contributed by atoms with Gasteiger partial charge in [0.25, 0.3) is 5.91 Å². The van der Waals surface area contributed by atoms with E-state index in [1.807, 2.05) is 17.0 Å². The van der Waals surface area contributed by atoms with Crippen LogP contribution in [0.25, 0.3) is 0 Å². The van der Waals surface area contributed by atoms with Crippen molar-refractivity contribution < 1.29 is 9.53 Å². The number of benzene rings is 1. The van der Waals surface area contributed by atoms with Gasteiger partial charge >= 0.3 is 0 Å². The van der Waals surface area contributed by atoms with E-state index >= 15 is 0 Å². The van der Waals surface area contributed by atoms with Crippen LogP contribution in [0, 0.1) is 5.41 Å². The van der Waals surface area contributed by atoms with Crippen molar-refractivity contribution in [1.29, 1.82) is 0 Å². The summed E-state index contributed by atoms with van der Waals surface area (Å²) in [6.45, 7) is 3.24. The van der Waals surface area contributed by atoms with E-state index in [1.165, 1.54) is 0 Å². The Morgan fingerprint density at radius 2 is 2.17 bits per heavy atom. The van der Waals surface area contributed by atoms with Gasteiger partial charge in [-0.1, -0.05) is 12.1 Å². The van der Waals surface area contributed by atoms with Crippen LogP contribution in [0.1, 0.15) is 23.2 Å². The first kappa shape index (κ1) is 11.5. The molecule has 96 valence electrons. The fourth-order valence-electron chi connectivity index (χ4n) is 2.94. The van der Waals surface area contributed by atoms with Gasteiger partial charge in [-0.05, 0) is 25.0 Å². The van der Waals surface area contributed by atoms with Crippen molar-refractivity contribution in [2.45, 2.75) is 12.8 Å². The fourth-order valence-corrected chi connectivity index (χ4v) is 2.94. The van der Waals surface area contributed by atoms with Gasteiger partial charge in [-0.15, -0.1) is 0 Å². The summed E-state index contributed by atoms with van der Waals surface area (Å²) in [5.41, 5.74) is 7.25. The third kappa shape index (κ3) is 1.86. The van der Waals surface area contributed by atoms with Gasteiger partial charge in [0.05, 0.1) is 12.2 Å². The Hall–Kier alpha value is -1.55. The molecule has 0 saturated carbocycles. The van der Waals surface area contributed by atoms with Crippen LogP contribution in [0.15, 0.2) is 24.3 Å². The molecule has 1 aromatic rings. The molecule has 0 aliphatic carbocycles. The van der Waals surface area contributed by atoms with Crippen molar-refractivity contribution in [3.8, 4) is 0 Å². The molecule has 1 amide bonds. The molecule has 1 unspecified atom stereocenters. The molecule has 1 aromatic carbocycles. The highest BCUT2D eigenvalue weighted by atomic mass is 16.5. The number of nitrogens with zero attached hydrogens (tertiary/aromatic N) is 1. The molecule has 1 atom stereocenters. The Bertz CT molecular complexity index is 467. The molecule has 0 radical (unpaired) electrons. The number of likely N-dealkylation sites (tertiary alicyclic amines) is 1. The Balaban J connectivity index is 1.77. The number of carbonyl (C=O) groups excluding carboxylic acids is 1. The zero-order chi connectivity index (χ0) is 12.6. The molecule has 0 aromatic heterocycles. The van der Waals surface area contributed by atoms with E-state index in [0.717, 1.165) is 39.1 Å². The predicted molar refractivity (Wildman–Crippen MR) is 69.2 cm³/mol. The molecule has 0 bridgehead atoms. The topological polar surface area (TPSA) is 55.6 Å². The van der Waals surface area contributed by atoms with Crippen LogP contribution in [0.4, 0.5) is 5.69 Å². The first-order chi connectivity index (χ1) is 8.70. The van der Waals surface area contributed by atoms with Gasteiger partial charge in [-0.2, -0.15) is 0 Å². The number of hydrogen-bond acceptors (Lipinski definition) is 3. The Labute approximate surface area is 107 Å². The second-order valence-electron chi connectivity index (χ2n) is 5.37. The van der Waals surface area contributed by atoms with Crippen molar-refractivity contribution in [2.24, 2.45) is 5.41 Å². The summed E-state index contributed by atoms with van der Waals surface area (Å²) in [6, 6.07) is 7.28. The highest BCUT2D eigenvalue weighted by Gasteiger charge is 2.42. The number of carbonyl (C=O) groups is 1. The SMILES string of the molecule is Nc1ccccc1C(=O)N1CCC2(CCOC2)C1. The summed E-state index contributed by atoms with van der Waals surface area (Å²) >= 11 is 0. The van der Waals surface area contributed by atoms with Crippen LogP contribution >= 0.6 is 0 Å². The molecular weight excluding hydrogens is 228 g/mol. The predicted octanol–water partition coefficient (Wildman–Crippen LogP) is 1.52. The van der Waals surface area contributed by atoms with E-state index in [4.69, 9.17) is 10.5 Å². The zero-order valence-electron chi connectivity index (χ0n) is 10.4. The highest BCUT2D eigenvalue weighted by Crippen LogP contribution is 2.38. The summed E-state index contributed by atoms with van der Waals surface area (Å²) < 4.78 is 5.48. The van der Waals surface area contributed by atoms with E-state index < -0.39 is 0 Å². The summed E-state index contributed by atoms with van der Waals surface area (Å²) in [5, 5.41) is 0. The number of para-hydroxylation sites is 1. The van der Waals surface area contributed by atoms with Crippen LogP contribution in [0.5, 0.6) is 0 Å². The van der Waals surface area contributed by atoms with Crippen LogP contribution in [-0.2, 0) is 4.74 Å². The molecule has 4 heteroatoms. The minimum absolute atomic E-state index is 0.0527. The molecule has 2 fully saturated rings. The molecule has 2 saturated heterocycles. The van der Waals surface area contributed by atoms with Gasteiger partial charge in [0, 0.05) is 30.8 Å². The molecule has 1 spiro atoms. The lowest BCUT2D eigenvalue weighted by atomic mass is 9.87. The van der Waals surface area contributed by atoms with Crippen LogP contribution in [0.3, 0.4) is 0 Å².